The summed E-state index contributed by atoms with van der Waals surface area (Å²) in [6.45, 7) is 0. The topological polar surface area (TPSA) is 24.9 Å². The third-order valence-corrected chi connectivity index (χ3v) is 2.95. The third-order valence-electron chi connectivity index (χ3n) is 1.27. The van der Waals surface area contributed by atoms with E-state index >= 15 is 0 Å². The third kappa shape index (κ3) is 2.45. The normalized spacial score (nSPS) is 12.9. The van der Waals surface area contributed by atoms with Gasteiger partial charge in [0.15, 0.2) is 0 Å². The van der Waals surface area contributed by atoms with Crippen molar-refractivity contribution >= 4 is 39.7 Å². The van der Waals surface area contributed by atoms with Crippen molar-refractivity contribution in [1.82, 2.24) is 9.71 Å². The zero-order valence-corrected chi connectivity index (χ0v) is 8.80. The lowest BCUT2D eigenvalue weighted by Crippen LogP contribution is -1.95. The molecule has 1 aromatic rings. The van der Waals surface area contributed by atoms with Crippen molar-refractivity contribution in [2.24, 2.45) is 0 Å². The minimum Gasteiger partial charge on any atom is -0.269 e. The monoisotopic (exact) mass is 222 g/mol. The molecule has 1 unspecified atom stereocenters. The van der Waals surface area contributed by atoms with Crippen LogP contribution in [-0.2, 0) is 0 Å². The Morgan fingerprint density at radius 2 is 1.92 bits per heavy atom. The van der Waals surface area contributed by atoms with Gasteiger partial charge in [-0.25, -0.2) is 4.98 Å². The van der Waals surface area contributed by atoms with E-state index in [1.54, 1.807) is 12.1 Å². The molecule has 0 saturated carbocycles. The van der Waals surface area contributed by atoms with Crippen LogP contribution in [0.1, 0.15) is 0 Å². The minimum absolute atomic E-state index is 0.270. The predicted octanol–water partition coefficient (Wildman–Crippen LogP) is 2.58. The average molecular weight is 223 g/mol. The van der Waals surface area contributed by atoms with Crippen LogP contribution >= 0.6 is 33.9 Å². The SMILES string of the molecule is C=S(NC)c1cc(Cl)nc(Cl)c1. The van der Waals surface area contributed by atoms with Crippen LogP contribution in [0.3, 0.4) is 0 Å². The van der Waals surface area contributed by atoms with Gasteiger partial charge in [0, 0.05) is 4.90 Å². The maximum absolute atomic E-state index is 5.70. The van der Waals surface area contributed by atoms with E-state index in [1.165, 1.54) is 0 Å². The molecule has 0 radical (unpaired) electrons. The Balaban J connectivity index is 3.08. The number of rotatable bonds is 2. The second kappa shape index (κ2) is 4.23. The van der Waals surface area contributed by atoms with E-state index in [0.29, 0.717) is 10.3 Å². The lowest BCUT2D eigenvalue weighted by molar-refractivity contribution is 1.23. The van der Waals surface area contributed by atoms with Crippen molar-refractivity contribution in [3.63, 3.8) is 0 Å². The first-order chi connectivity index (χ1) is 5.63. The predicted molar refractivity (Wildman–Crippen MR) is 56.3 cm³/mol. The van der Waals surface area contributed by atoms with Crippen molar-refractivity contribution in [2.45, 2.75) is 4.90 Å². The first-order valence-corrected chi connectivity index (χ1v) is 5.33. The van der Waals surface area contributed by atoms with Gasteiger partial charge in [0.05, 0.1) is 0 Å². The van der Waals surface area contributed by atoms with Gasteiger partial charge in [-0.15, -0.1) is 0 Å². The van der Waals surface area contributed by atoms with Gasteiger partial charge in [-0.05, 0) is 19.2 Å². The molecule has 5 heteroatoms. The van der Waals surface area contributed by atoms with Crippen molar-refractivity contribution in [3.8, 4) is 0 Å². The van der Waals surface area contributed by atoms with Crippen LogP contribution in [0.2, 0.25) is 10.3 Å². The highest BCUT2D eigenvalue weighted by Gasteiger charge is 2.00. The molecule has 0 aliphatic carbocycles. The molecule has 0 fully saturated rings. The standard InChI is InChI=1S/C7H8Cl2N2S/c1-10-12(2)5-3-6(8)11-7(9)4-5/h3-4,10H,2H2,1H3. The molecular weight excluding hydrogens is 215 g/mol. The van der Waals surface area contributed by atoms with E-state index in [0.717, 1.165) is 4.90 Å². The van der Waals surface area contributed by atoms with Crippen LogP contribution in [-0.4, -0.2) is 17.9 Å². The van der Waals surface area contributed by atoms with Crippen LogP contribution in [0.15, 0.2) is 17.0 Å². The zero-order valence-electron chi connectivity index (χ0n) is 6.47. The molecule has 1 aromatic heterocycles. The maximum Gasteiger partial charge on any atom is 0.131 e. The zero-order chi connectivity index (χ0) is 9.14. The van der Waals surface area contributed by atoms with E-state index in [4.69, 9.17) is 23.2 Å². The van der Waals surface area contributed by atoms with E-state index in [2.05, 4.69) is 15.6 Å². The Hall–Kier alpha value is -0.0900. The first kappa shape index (κ1) is 9.99. The Labute approximate surface area is 84.0 Å². The largest absolute Gasteiger partial charge is 0.269 e. The highest BCUT2D eigenvalue weighted by molar-refractivity contribution is 8.12. The molecule has 0 aromatic carbocycles. The van der Waals surface area contributed by atoms with Gasteiger partial charge in [0.1, 0.15) is 10.3 Å². The molecule has 1 rings (SSSR count). The highest BCUT2D eigenvalue weighted by Crippen LogP contribution is 2.25. The van der Waals surface area contributed by atoms with Gasteiger partial charge in [0.2, 0.25) is 0 Å². The average Bonchev–Trinajstić information content (AvgIpc) is 2.01. The first-order valence-electron chi connectivity index (χ1n) is 3.18. The molecule has 0 spiro atoms. The summed E-state index contributed by atoms with van der Waals surface area (Å²) in [6, 6.07) is 3.50. The molecule has 1 atom stereocenters. The van der Waals surface area contributed by atoms with Crippen LogP contribution in [0.25, 0.3) is 0 Å². The molecule has 0 bridgehead atoms. The summed E-state index contributed by atoms with van der Waals surface area (Å²) < 4.78 is 3.01. The number of nitrogens with zero attached hydrogens (tertiary/aromatic N) is 1. The van der Waals surface area contributed by atoms with E-state index in [9.17, 15) is 0 Å². The van der Waals surface area contributed by atoms with Gasteiger partial charge in [-0.1, -0.05) is 39.7 Å². The summed E-state index contributed by atoms with van der Waals surface area (Å²) in [7, 11) is 1.56. The second-order valence-electron chi connectivity index (χ2n) is 2.04. The fraction of sp³-hybridized carbons (Fsp3) is 0.143. The Morgan fingerprint density at radius 3 is 2.33 bits per heavy atom. The van der Waals surface area contributed by atoms with Crippen LogP contribution in [0.5, 0.6) is 0 Å². The van der Waals surface area contributed by atoms with E-state index in [1.807, 2.05) is 7.05 Å². The smallest absolute Gasteiger partial charge is 0.131 e. The number of hydrogen-bond donors (Lipinski definition) is 1. The summed E-state index contributed by atoms with van der Waals surface area (Å²) >= 11 is 11.4. The molecule has 66 valence electrons. The molecular formula is C7H8Cl2N2S. The van der Waals surface area contributed by atoms with E-state index in [-0.39, 0.29) is 10.7 Å². The fourth-order valence-corrected chi connectivity index (χ4v) is 2.04. The molecule has 2 nitrogen and oxygen atoms in total. The van der Waals surface area contributed by atoms with Crippen LogP contribution in [0, 0.1) is 0 Å². The number of aromatic nitrogens is 1. The van der Waals surface area contributed by atoms with Crippen molar-refractivity contribution < 1.29 is 0 Å². The Bertz CT molecular complexity index is 294. The number of nitrogens with one attached hydrogen (secondary N) is 1. The van der Waals surface area contributed by atoms with Gasteiger partial charge < -0.3 is 0 Å². The minimum atomic E-state index is -0.270. The molecule has 0 saturated heterocycles. The van der Waals surface area contributed by atoms with Gasteiger partial charge >= 0.3 is 0 Å². The van der Waals surface area contributed by atoms with E-state index < -0.39 is 0 Å². The van der Waals surface area contributed by atoms with Gasteiger partial charge in [-0.3, -0.25) is 4.72 Å². The summed E-state index contributed by atoms with van der Waals surface area (Å²) in [5, 5.41) is 0.794. The van der Waals surface area contributed by atoms with Crippen molar-refractivity contribution in [3.05, 3.63) is 22.4 Å². The lowest BCUT2D eigenvalue weighted by Gasteiger charge is -2.05. The molecule has 12 heavy (non-hydrogen) atoms. The summed E-state index contributed by atoms with van der Waals surface area (Å²) in [5.74, 6) is 3.88. The van der Waals surface area contributed by atoms with Crippen molar-refractivity contribution in [2.75, 3.05) is 7.05 Å². The van der Waals surface area contributed by atoms with Crippen molar-refractivity contribution in [1.29, 1.82) is 0 Å². The maximum atomic E-state index is 5.70. The summed E-state index contributed by atoms with van der Waals surface area (Å²) in [4.78, 5) is 4.79. The molecule has 0 amide bonds. The summed E-state index contributed by atoms with van der Waals surface area (Å²) in [6.07, 6.45) is 0. The molecule has 0 aliphatic heterocycles. The second-order valence-corrected chi connectivity index (χ2v) is 4.48. The molecule has 0 aliphatic rings. The van der Waals surface area contributed by atoms with Crippen LogP contribution in [0.4, 0.5) is 0 Å². The lowest BCUT2D eigenvalue weighted by atomic mass is 10.5. The highest BCUT2D eigenvalue weighted by atomic mass is 35.5. The number of pyridine rings is 1. The van der Waals surface area contributed by atoms with Gasteiger partial charge in [-0.2, -0.15) is 0 Å². The molecule has 1 N–H and O–H groups in total. The fourth-order valence-electron chi connectivity index (χ4n) is 0.703. The van der Waals surface area contributed by atoms with Gasteiger partial charge in [0.25, 0.3) is 0 Å². The quantitative estimate of drug-likeness (QED) is 0.615. The van der Waals surface area contributed by atoms with Crippen LogP contribution < -0.4 is 4.72 Å². The Kier molecular flexibility index (Phi) is 3.53. The summed E-state index contributed by atoms with van der Waals surface area (Å²) in [5.41, 5.74) is 0. The number of halogens is 2. The Morgan fingerprint density at radius 1 is 1.42 bits per heavy atom. The number of hydrogen-bond acceptors (Lipinski definition) is 2. The molecule has 1 heterocycles.